The topological polar surface area (TPSA) is 55.1 Å². The fraction of sp³-hybridized carbons (Fsp3) is 0.294. The molecule has 0 unspecified atom stereocenters. The molecule has 0 radical (unpaired) electrons. The third-order valence-electron chi connectivity index (χ3n) is 2.98. The predicted molar refractivity (Wildman–Crippen MR) is 81.0 cm³/mol. The molecule has 108 valence electrons. The van der Waals surface area contributed by atoms with Gasteiger partial charge in [-0.05, 0) is 19.1 Å². The van der Waals surface area contributed by atoms with Gasteiger partial charge in [-0.25, -0.2) is 0 Å². The Balaban J connectivity index is 2.00. The van der Waals surface area contributed by atoms with Crippen LogP contribution in [0.3, 0.4) is 0 Å². The molecule has 0 saturated carbocycles. The zero-order valence-electron chi connectivity index (χ0n) is 12.4. The number of nitrogens with one attached hydrogen (secondary N) is 1. The maximum atomic E-state index is 12.2. The lowest BCUT2D eigenvalue weighted by Crippen LogP contribution is -2.25. The molecule has 4 heteroatoms. The summed E-state index contributed by atoms with van der Waals surface area (Å²) in [5.74, 6) is 6.45. The maximum absolute atomic E-state index is 12.2. The van der Waals surface area contributed by atoms with Crippen molar-refractivity contribution in [3.8, 4) is 11.8 Å². The standard InChI is InChI=1S/C17H18N2O2/c1-12(2)16-15(13(3)19-21-16)17(20)18-11-7-10-14-8-5-4-6-9-14/h4-6,8-9,12H,11H2,1-3H3,(H,18,20). The van der Waals surface area contributed by atoms with Gasteiger partial charge < -0.3 is 9.84 Å². The molecule has 21 heavy (non-hydrogen) atoms. The lowest BCUT2D eigenvalue weighted by molar-refractivity contribution is 0.0955. The van der Waals surface area contributed by atoms with Crippen LogP contribution in [0, 0.1) is 18.8 Å². The molecule has 1 aromatic heterocycles. The molecule has 0 bridgehead atoms. The number of benzene rings is 1. The molecular formula is C17H18N2O2. The summed E-state index contributed by atoms with van der Waals surface area (Å²) in [5.41, 5.74) is 2.05. The second-order valence-corrected chi connectivity index (χ2v) is 5.01. The summed E-state index contributed by atoms with van der Waals surface area (Å²) >= 11 is 0. The van der Waals surface area contributed by atoms with Crippen molar-refractivity contribution in [1.29, 1.82) is 0 Å². The van der Waals surface area contributed by atoms with Crippen molar-refractivity contribution in [2.24, 2.45) is 0 Å². The first kappa shape index (κ1) is 14.9. The summed E-state index contributed by atoms with van der Waals surface area (Å²) in [5, 5.41) is 6.64. The number of hydrogen-bond donors (Lipinski definition) is 1. The normalized spacial score (nSPS) is 10.1. The predicted octanol–water partition coefficient (Wildman–Crippen LogP) is 2.89. The largest absolute Gasteiger partial charge is 0.360 e. The Morgan fingerprint density at radius 1 is 1.33 bits per heavy atom. The first-order valence-corrected chi connectivity index (χ1v) is 6.88. The summed E-state index contributed by atoms with van der Waals surface area (Å²) in [6.07, 6.45) is 0. The third-order valence-corrected chi connectivity index (χ3v) is 2.98. The number of hydrogen-bond acceptors (Lipinski definition) is 3. The number of amides is 1. The van der Waals surface area contributed by atoms with Gasteiger partial charge in [-0.2, -0.15) is 0 Å². The van der Waals surface area contributed by atoms with Crippen LogP contribution in [0.25, 0.3) is 0 Å². The van der Waals surface area contributed by atoms with Crippen molar-refractivity contribution < 1.29 is 9.32 Å². The monoisotopic (exact) mass is 282 g/mol. The van der Waals surface area contributed by atoms with Crippen LogP contribution in [0.2, 0.25) is 0 Å². The van der Waals surface area contributed by atoms with E-state index in [-0.39, 0.29) is 18.4 Å². The summed E-state index contributed by atoms with van der Waals surface area (Å²) < 4.78 is 5.21. The van der Waals surface area contributed by atoms with Gasteiger partial charge in [-0.1, -0.05) is 49.0 Å². The van der Waals surface area contributed by atoms with Crippen molar-refractivity contribution in [2.45, 2.75) is 26.7 Å². The van der Waals surface area contributed by atoms with Gasteiger partial charge in [0, 0.05) is 11.5 Å². The SMILES string of the molecule is Cc1noc(C(C)C)c1C(=O)NCC#Cc1ccccc1. The Morgan fingerprint density at radius 3 is 2.71 bits per heavy atom. The molecule has 2 aromatic rings. The van der Waals surface area contributed by atoms with Crippen molar-refractivity contribution in [3.05, 3.63) is 52.9 Å². The zero-order valence-corrected chi connectivity index (χ0v) is 12.4. The molecule has 0 fully saturated rings. The third kappa shape index (κ3) is 3.73. The Kier molecular flexibility index (Phi) is 4.78. The molecule has 1 aromatic carbocycles. The van der Waals surface area contributed by atoms with E-state index in [2.05, 4.69) is 22.3 Å². The Hall–Kier alpha value is -2.54. The van der Waals surface area contributed by atoms with E-state index in [1.165, 1.54) is 0 Å². The smallest absolute Gasteiger partial charge is 0.257 e. The molecular weight excluding hydrogens is 264 g/mol. The lowest BCUT2D eigenvalue weighted by Gasteiger charge is -2.04. The number of nitrogens with zero attached hydrogens (tertiary/aromatic N) is 1. The fourth-order valence-corrected chi connectivity index (χ4v) is 1.94. The van der Waals surface area contributed by atoms with Crippen LogP contribution in [0.1, 0.15) is 47.1 Å². The summed E-state index contributed by atoms with van der Waals surface area (Å²) in [4.78, 5) is 12.2. The van der Waals surface area contributed by atoms with E-state index in [1.54, 1.807) is 6.92 Å². The molecule has 1 heterocycles. The van der Waals surface area contributed by atoms with Crippen LogP contribution < -0.4 is 5.32 Å². The van der Waals surface area contributed by atoms with Gasteiger partial charge in [0.25, 0.3) is 5.91 Å². The Morgan fingerprint density at radius 2 is 2.05 bits per heavy atom. The average Bonchev–Trinajstić information content (AvgIpc) is 2.86. The highest BCUT2D eigenvalue weighted by atomic mass is 16.5. The van der Waals surface area contributed by atoms with Gasteiger partial charge in [0.2, 0.25) is 0 Å². The van der Waals surface area contributed by atoms with Crippen LogP contribution in [0.15, 0.2) is 34.9 Å². The van der Waals surface area contributed by atoms with Gasteiger partial charge in [0.1, 0.15) is 5.56 Å². The van der Waals surface area contributed by atoms with E-state index < -0.39 is 0 Å². The molecule has 2 rings (SSSR count). The molecule has 1 amide bonds. The number of aromatic nitrogens is 1. The second-order valence-electron chi connectivity index (χ2n) is 5.01. The van der Waals surface area contributed by atoms with Crippen LogP contribution in [-0.4, -0.2) is 17.6 Å². The van der Waals surface area contributed by atoms with E-state index in [1.807, 2.05) is 44.2 Å². The summed E-state index contributed by atoms with van der Waals surface area (Å²) in [6.45, 7) is 5.98. The minimum Gasteiger partial charge on any atom is -0.360 e. The highest BCUT2D eigenvalue weighted by molar-refractivity contribution is 5.96. The molecule has 0 spiro atoms. The van der Waals surface area contributed by atoms with Crippen molar-refractivity contribution in [2.75, 3.05) is 6.54 Å². The summed E-state index contributed by atoms with van der Waals surface area (Å²) in [6, 6.07) is 9.65. The average molecular weight is 282 g/mol. The van der Waals surface area contributed by atoms with Gasteiger partial charge in [0.15, 0.2) is 5.76 Å². The fourth-order valence-electron chi connectivity index (χ4n) is 1.94. The molecule has 0 aliphatic heterocycles. The van der Waals surface area contributed by atoms with E-state index in [9.17, 15) is 4.79 Å². The molecule has 4 nitrogen and oxygen atoms in total. The van der Waals surface area contributed by atoms with E-state index >= 15 is 0 Å². The van der Waals surface area contributed by atoms with Gasteiger partial charge in [-0.3, -0.25) is 4.79 Å². The molecule has 0 aliphatic carbocycles. The lowest BCUT2D eigenvalue weighted by atomic mass is 10.0. The van der Waals surface area contributed by atoms with Crippen molar-refractivity contribution >= 4 is 5.91 Å². The zero-order chi connectivity index (χ0) is 15.2. The minimum atomic E-state index is -0.195. The van der Waals surface area contributed by atoms with Gasteiger partial charge in [0.05, 0.1) is 12.2 Å². The molecule has 0 saturated heterocycles. The number of carbonyl (C=O) groups excluding carboxylic acids is 1. The first-order chi connectivity index (χ1) is 10.1. The van der Waals surface area contributed by atoms with Crippen molar-refractivity contribution in [1.82, 2.24) is 10.5 Å². The highest BCUT2D eigenvalue weighted by Gasteiger charge is 2.21. The Bertz CT molecular complexity index is 676. The van der Waals surface area contributed by atoms with E-state index in [0.29, 0.717) is 17.0 Å². The quantitative estimate of drug-likeness (QED) is 0.881. The van der Waals surface area contributed by atoms with E-state index in [0.717, 1.165) is 5.56 Å². The number of rotatable bonds is 3. The number of carbonyl (C=O) groups is 1. The van der Waals surface area contributed by atoms with Crippen LogP contribution in [0.4, 0.5) is 0 Å². The van der Waals surface area contributed by atoms with Gasteiger partial charge in [-0.15, -0.1) is 0 Å². The summed E-state index contributed by atoms with van der Waals surface area (Å²) in [7, 11) is 0. The second kappa shape index (κ2) is 6.76. The molecule has 1 N–H and O–H groups in total. The first-order valence-electron chi connectivity index (χ1n) is 6.88. The highest BCUT2D eigenvalue weighted by Crippen LogP contribution is 2.21. The number of aryl methyl sites for hydroxylation is 1. The van der Waals surface area contributed by atoms with E-state index in [4.69, 9.17) is 4.52 Å². The Labute approximate surface area is 124 Å². The molecule has 0 atom stereocenters. The maximum Gasteiger partial charge on any atom is 0.257 e. The molecule has 0 aliphatic rings. The van der Waals surface area contributed by atoms with Gasteiger partial charge >= 0.3 is 0 Å². The minimum absolute atomic E-state index is 0.113. The van der Waals surface area contributed by atoms with Crippen molar-refractivity contribution in [3.63, 3.8) is 0 Å². The van der Waals surface area contributed by atoms with Crippen LogP contribution in [0.5, 0.6) is 0 Å². The van der Waals surface area contributed by atoms with Crippen LogP contribution in [-0.2, 0) is 0 Å². The van der Waals surface area contributed by atoms with Crippen LogP contribution >= 0.6 is 0 Å².